The SMILES string of the molecule is CC(CNCC(O)c1ccccc1Cl)C(C)(C)C. The third kappa shape index (κ3) is 4.60. The van der Waals surface area contributed by atoms with Crippen molar-refractivity contribution in [1.29, 1.82) is 0 Å². The first kappa shape index (κ1) is 15.5. The Morgan fingerprint density at radius 2 is 1.83 bits per heavy atom. The minimum Gasteiger partial charge on any atom is -0.387 e. The van der Waals surface area contributed by atoms with Crippen LogP contribution in [0, 0.1) is 11.3 Å². The Kier molecular flexibility index (Phi) is 5.64. The number of aliphatic hydroxyl groups is 1. The zero-order chi connectivity index (χ0) is 13.8. The molecule has 2 N–H and O–H groups in total. The molecule has 1 aromatic rings. The summed E-state index contributed by atoms with van der Waals surface area (Å²) in [5, 5.41) is 14.0. The van der Waals surface area contributed by atoms with Gasteiger partial charge in [-0.3, -0.25) is 0 Å². The lowest BCUT2D eigenvalue weighted by molar-refractivity contribution is 0.166. The van der Waals surface area contributed by atoms with E-state index in [1.54, 1.807) is 6.07 Å². The predicted octanol–water partition coefficient (Wildman–Crippen LogP) is 3.65. The van der Waals surface area contributed by atoms with Crippen molar-refractivity contribution in [3.63, 3.8) is 0 Å². The van der Waals surface area contributed by atoms with Crippen molar-refractivity contribution in [3.05, 3.63) is 34.9 Å². The number of halogens is 1. The average Bonchev–Trinajstić information content (AvgIpc) is 2.28. The molecule has 0 radical (unpaired) electrons. The second-order valence-corrected chi connectivity index (χ2v) is 6.37. The molecule has 0 fully saturated rings. The van der Waals surface area contributed by atoms with E-state index >= 15 is 0 Å². The molecule has 0 aromatic heterocycles. The Balaban J connectivity index is 2.43. The Hall–Kier alpha value is -0.570. The van der Waals surface area contributed by atoms with E-state index in [2.05, 4.69) is 33.0 Å². The molecular formula is C15H24ClNO. The van der Waals surface area contributed by atoms with Gasteiger partial charge in [0.05, 0.1) is 6.10 Å². The highest BCUT2D eigenvalue weighted by molar-refractivity contribution is 6.31. The van der Waals surface area contributed by atoms with Crippen LogP contribution in [-0.2, 0) is 0 Å². The lowest BCUT2D eigenvalue weighted by atomic mass is 9.82. The molecule has 0 spiro atoms. The monoisotopic (exact) mass is 269 g/mol. The summed E-state index contributed by atoms with van der Waals surface area (Å²) in [6.07, 6.45) is -0.550. The van der Waals surface area contributed by atoms with E-state index in [0.717, 1.165) is 12.1 Å². The molecule has 0 heterocycles. The molecule has 3 heteroatoms. The van der Waals surface area contributed by atoms with Gasteiger partial charge in [0.15, 0.2) is 0 Å². The lowest BCUT2D eigenvalue weighted by Crippen LogP contribution is -2.32. The van der Waals surface area contributed by atoms with Crippen LogP contribution in [0.5, 0.6) is 0 Å². The molecule has 18 heavy (non-hydrogen) atoms. The van der Waals surface area contributed by atoms with E-state index in [0.29, 0.717) is 17.5 Å². The Labute approximate surface area is 115 Å². The lowest BCUT2D eigenvalue weighted by Gasteiger charge is -2.28. The summed E-state index contributed by atoms with van der Waals surface area (Å²) in [6.45, 7) is 10.3. The highest BCUT2D eigenvalue weighted by Gasteiger charge is 2.20. The maximum Gasteiger partial charge on any atom is 0.0928 e. The summed E-state index contributed by atoms with van der Waals surface area (Å²) < 4.78 is 0. The fourth-order valence-electron chi connectivity index (χ4n) is 1.60. The number of aliphatic hydroxyl groups excluding tert-OH is 1. The first-order valence-electron chi connectivity index (χ1n) is 6.45. The number of benzene rings is 1. The molecule has 102 valence electrons. The van der Waals surface area contributed by atoms with E-state index in [-0.39, 0.29) is 5.41 Å². The number of rotatable bonds is 5. The normalized spacial score (nSPS) is 15.4. The Morgan fingerprint density at radius 1 is 1.22 bits per heavy atom. The average molecular weight is 270 g/mol. The van der Waals surface area contributed by atoms with Gasteiger partial charge in [0.25, 0.3) is 0 Å². The van der Waals surface area contributed by atoms with Gasteiger partial charge in [-0.2, -0.15) is 0 Å². The van der Waals surface area contributed by atoms with Gasteiger partial charge < -0.3 is 10.4 Å². The molecule has 2 atom stereocenters. The molecule has 0 amide bonds. The standard InChI is InChI=1S/C15H24ClNO/c1-11(15(2,3)4)9-17-10-14(18)12-7-5-6-8-13(12)16/h5-8,11,14,17-18H,9-10H2,1-4H3. The van der Waals surface area contributed by atoms with E-state index in [4.69, 9.17) is 11.6 Å². The second kappa shape index (κ2) is 6.55. The molecule has 0 saturated carbocycles. The van der Waals surface area contributed by atoms with Crippen LogP contribution in [0.1, 0.15) is 39.4 Å². The van der Waals surface area contributed by atoms with Gasteiger partial charge in [-0.1, -0.05) is 57.5 Å². The van der Waals surface area contributed by atoms with Crippen molar-refractivity contribution in [2.45, 2.75) is 33.8 Å². The Bertz CT molecular complexity index is 373. The van der Waals surface area contributed by atoms with Crippen LogP contribution in [0.3, 0.4) is 0 Å². The topological polar surface area (TPSA) is 32.3 Å². The molecule has 0 aliphatic carbocycles. The zero-order valence-electron chi connectivity index (χ0n) is 11.7. The highest BCUT2D eigenvalue weighted by atomic mass is 35.5. The van der Waals surface area contributed by atoms with Crippen molar-refractivity contribution in [2.24, 2.45) is 11.3 Å². The molecule has 2 unspecified atom stereocenters. The summed E-state index contributed by atoms with van der Waals surface area (Å²) in [4.78, 5) is 0. The molecule has 0 aliphatic heterocycles. The smallest absolute Gasteiger partial charge is 0.0928 e. The molecule has 2 nitrogen and oxygen atoms in total. The molecule has 0 bridgehead atoms. The van der Waals surface area contributed by atoms with Crippen LogP contribution < -0.4 is 5.32 Å². The quantitative estimate of drug-likeness (QED) is 0.855. The summed E-state index contributed by atoms with van der Waals surface area (Å²) in [6, 6.07) is 7.43. The first-order valence-corrected chi connectivity index (χ1v) is 6.83. The van der Waals surface area contributed by atoms with Crippen LogP contribution in [0.2, 0.25) is 5.02 Å². The second-order valence-electron chi connectivity index (χ2n) is 5.96. The van der Waals surface area contributed by atoms with Crippen molar-refractivity contribution in [1.82, 2.24) is 5.32 Å². The summed E-state index contributed by atoms with van der Waals surface area (Å²) in [5.74, 6) is 0.552. The van der Waals surface area contributed by atoms with Gasteiger partial charge in [0.1, 0.15) is 0 Å². The van der Waals surface area contributed by atoms with Crippen LogP contribution >= 0.6 is 11.6 Å². The highest BCUT2D eigenvalue weighted by Crippen LogP contribution is 2.25. The van der Waals surface area contributed by atoms with Crippen LogP contribution in [0.25, 0.3) is 0 Å². The fourth-order valence-corrected chi connectivity index (χ4v) is 1.86. The van der Waals surface area contributed by atoms with Gasteiger partial charge in [0, 0.05) is 17.1 Å². The summed E-state index contributed by atoms with van der Waals surface area (Å²) in [7, 11) is 0. The van der Waals surface area contributed by atoms with Gasteiger partial charge >= 0.3 is 0 Å². The van der Waals surface area contributed by atoms with Crippen molar-refractivity contribution < 1.29 is 5.11 Å². The molecule has 0 aliphatic rings. The molecule has 1 rings (SSSR count). The number of nitrogens with one attached hydrogen (secondary N) is 1. The minimum absolute atomic E-state index is 0.280. The fraction of sp³-hybridized carbons (Fsp3) is 0.600. The maximum atomic E-state index is 10.1. The number of hydrogen-bond acceptors (Lipinski definition) is 2. The minimum atomic E-state index is -0.550. The van der Waals surface area contributed by atoms with Gasteiger partial charge in [-0.15, -0.1) is 0 Å². The largest absolute Gasteiger partial charge is 0.387 e. The van der Waals surface area contributed by atoms with E-state index in [9.17, 15) is 5.11 Å². The first-order chi connectivity index (χ1) is 8.32. The molecular weight excluding hydrogens is 246 g/mol. The third-order valence-corrected chi connectivity index (χ3v) is 3.88. The van der Waals surface area contributed by atoms with Crippen molar-refractivity contribution >= 4 is 11.6 Å². The van der Waals surface area contributed by atoms with E-state index in [1.165, 1.54) is 0 Å². The van der Waals surface area contributed by atoms with E-state index < -0.39 is 6.10 Å². The van der Waals surface area contributed by atoms with Gasteiger partial charge in [0.2, 0.25) is 0 Å². The van der Waals surface area contributed by atoms with Crippen LogP contribution in [0.15, 0.2) is 24.3 Å². The van der Waals surface area contributed by atoms with Crippen molar-refractivity contribution in [2.75, 3.05) is 13.1 Å². The summed E-state index contributed by atoms with van der Waals surface area (Å²) >= 11 is 6.05. The van der Waals surface area contributed by atoms with Gasteiger partial charge in [-0.05, 0) is 23.9 Å². The zero-order valence-corrected chi connectivity index (χ0v) is 12.5. The van der Waals surface area contributed by atoms with Crippen LogP contribution in [0.4, 0.5) is 0 Å². The Morgan fingerprint density at radius 3 is 2.39 bits per heavy atom. The van der Waals surface area contributed by atoms with Gasteiger partial charge in [-0.25, -0.2) is 0 Å². The van der Waals surface area contributed by atoms with Crippen molar-refractivity contribution in [3.8, 4) is 0 Å². The van der Waals surface area contributed by atoms with Crippen LogP contribution in [-0.4, -0.2) is 18.2 Å². The third-order valence-electron chi connectivity index (χ3n) is 3.53. The summed E-state index contributed by atoms with van der Waals surface area (Å²) in [5.41, 5.74) is 1.07. The predicted molar refractivity (Wildman–Crippen MR) is 77.9 cm³/mol. The molecule has 0 saturated heterocycles. The molecule has 1 aromatic carbocycles. The van der Waals surface area contributed by atoms with E-state index in [1.807, 2.05) is 18.2 Å². The number of hydrogen-bond donors (Lipinski definition) is 2. The maximum absolute atomic E-state index is 10.1.